The van der Waals surface area contributed by atoms with Crippen molar-refractivity contribution in [2.45, 2.75) is 18.6 Å². The van der Waals surface area contributed by atoms with Crippen LogP contribution in [0.2, 0.25) is 0 Å². The fourth-order valence-corrected chi connectivity index (χ4v) is 2.60. The zero-order valence-corrected chi connectivity index (χ0v) is 14.9. The molecule has 2 aromatic carbocycles. The molecule has 5 N–H and O–H groups in total. The second-order valence-corrected chi connectivity index (χ2v) is 5.97. The molecule has 1 atom stereocenters. The second kappa shape index (κ2) is 9.29. The largest absolute Gasteiger partial charge is 0.490 e. The van der Waals surface area contributed by atoms with E-state index in [1.54, 1.807) is 0 Å². The number of alkyl halides is 3. The number of nitrogens with two attached hydrogens (primary N) is 2. The van der Waals surface area contributed by atoms with Crippen LogP contribution in [0.3, 0.4) is 0 Å². The minimum Gasteiger partial charge on any atom is -0.475 e. The van der Waals surface area contributed by atoms with Crippen molar-refractivity contribution < 1.29 is 23.1 Å². The Morgan fingerprint density at radius 1 is 1.07 bits per heavy atom. The van der Waals surface area contributed by atoms with Gasteiger partial charge in [-0.3, -0.25) is 0 Å². The van der Waals surface area contributed by atoms with Gasteiger partial charge in [0, 0.05) is 17.0 Å². The second-order valence-electron chi connectivity index (χ2n) is 5.97. The van der Waals surface area contributed by atoms with Gasteiger partial charge in [-0.05, 0) is 30.7 Å². The maximum Gasteiger partial charge on any atom is 0.490 e. The van der Waals surface area contributed by atoms with Gasteiger partial charge in [0.05, 0.1) is 11.2 Å². The van der Waals surface area contributed by atoms with Gasteiger partial charge in [0.1, 0.15) is 0 Å². The first-order valence-electron chi connectivity index (χ1n) is 8.45. The van der Waals surface area contributed by atoms with Crippen molar-refractivity contribution in [3.8, 4) is 11.3 Å². The number of rotatable bonds is 4. The number of aliphatic carboxylic acids is 1. The Hall–Kier alpha value is -2.97. The number of fused-ring (bicyclic) bond motifs is 1. The SMILES string of the molecule is NCCC(N)c1cc(-c2ccccc2)nc2ccccc12.O=C(O)C(F)(F)F. The zero-order chi connectivity index (χ0) is 20.7. The number of nitrogens with zero attached hydrogens (tertiary/aromatic N) is 1. The first-order valence-corrected chi connectivity index (χ1v) is 8.45. The molecule has 0 aliphatic rings. The van der Waals surface area contributed by atoms with Crippen LogP contribution in [-0.2, 0) is 4.79 Å². The lowest BCUT2D eigenvalue weighted by atomic mass is 9.97. The number of hydrogen-bond donors (Lipinski definition) is 3. The molecule has 0 spiro atoms. The normalized spacial score (nSPS) is 12.2. The Morgan fingerprint density at radius 2 is 1.64 bits per heavy atom. The molecule has 1 unspecified atom stereocenters. The molecule has 0 amide bonds. The maximum atomic E-state index is 10.6. The van der Waals surface area contributed by atoms with E-state index in [0.29, 0.717) is 6.54 Å². The summed E-state index contributed by atoms with van der Waals surface area (Å²) in [6.07, 6.45) is -4.32. The highest BCUT2D eigenvalue weighted by molar-refractivity contribution is 5.85. The van der Waals surface area contributed by atoms with E-state index < -0.39 is 12.1 Å². The molecular formula is C20H20F3N3O2. The molecule has 28 heavy (non-hydrogen) atoms. The number of benzene rings is 2. The van der Waals surface area contributed by atoms with Gasteiger partial charge in [-0.25, -0.2) is 9.78 Å². The van der Waals surface area contributed by atoms with Crippen LogP contribution < -0.4 is 11.5 Å². The molecule has 8 heteroatoms. The molecule has 3 rings (SSSR count). The highest BCUT2D eigenvalue weighted by atomic mass is 19.4. The van der Waals surface area contributed by atoms with E-state index in [4.69, 9.17) is 26.4 Å². The molecule has 1 heterocycles. The predicted molar refractivity (Wildman–Crippen MR) is 101 cm³/mol. The number of halogens is 3. The summed E-state index contributed by atoms with van der Waals surface area (Å²) in [4.78, 5) is 13.7. The van der Waals surface area contributed by atoms with Crippen LogP contribution in [0.15, 0.2) is 60.7 Å². The van der Waals surface area contributed by atoms with Crippen LogP contribution in [0, 0.1) is 0 Å². The van der Waals surface area contributed by atoms with Crippen molar-refractivity contribution in [3.05, 3.63) is 66.2 Å². The summed E-state index contributed by atoms with van der Waals surface area (Å²) in [5.74, 6) is -2.76. The Labute approximate surface area is 159 Å². The van der Waals surface area contributed by atoms with E-state index >= 15 is 0 Å². The lowest BCUT2D eigenvalue weighted by Crippen LogP contribution is -2.21. The molecule has 0 saturated carbocycles. The van der Waals surface area contributed by atoms with E-state index in [1.807, 2.05) is 36.4 Å². The van der Waals surface area contributed by atoms with Crippen LogP contribution >= 0.6 is 0 Å². The summed E-state index contributed by atoms with van der Waals surface area (Å²) in [6, 6.07) is 20.3. The van der Waals surface area contributed by atoms with E-state index in [0.717, 1.165) is 34.1 Å². The standard InChI is InChI=1S/C18H19N3.C2HF3O2/c19-11-10-16(20)15-12-18(13-6-2-1-3-7-13)21-17-9-5-4-8-14(15)17;3-2(4,5)1(6)7/h1-9,12,16H,10-11,19-20H2;(H,6,7). The number of carbonyl (C=O) groups is 1. The van der Waals surface area contributed by atoms with Crippen molar-refractivity contribution in [1.82, 2.24) is 4.98 Å². The van der Waals surface area contributed by atoms with Crippen molar-refractivity contribution in [2.75, 3.05) is 6.54 Å². The van der Waals surface area contributed by atoms with Crippen LogP contribution in [0.5, 0.6) is 0 Å². The Balaban J connectivity index is 0.000000345. The monoisotopic (exact) mass is 391 g/mol. The average Bonchev–Trinajstić information content (AvgIpc) is 2.67. The molecule has 0 saturated heterocycles. The van der Waals surface area contributed by atoms with Gasteiger partial charge in [-0.1, -0.05) is 48.5 Å². The number of carboxylic acids is 1. The lowest BCUT2D eigenvalue weighted by molar-refractivity contribution is -0.192. The fourth-order valence-electron chi connectivity index (χ4n) is 2.60. The van der Waals surface area contributed by atoms with Gasteiger partial charge < -0.3 is 16.6 Å². The van der Waals surface area contributed by atoms with Crippen LogP contribution in [0.1, 0.15) is 18.0 Å². The molecule has 0 radical (unpaired) electrons. The highest BCUT2D eigenvalue weighted by Crippen LogP contribution is 2.28. The van der Waals surface area contributed by atoms with Crippen molar-refractivity contribution in [1.29, 1.82) is 0 Å². The topological polar surface area (TPSA) is 102 Å². The van der Waals surface area contributed by atoms with Crippen molar-refractivity contribution >= 4 is 16.9 Å². The molecule has 5 nitrogen and oxygen atoms in total. The first kappa shape index (κ1) is 21.3. The summed E-state index contributed by atoms with van der Waals surface area (Å²) in [5, 5.41) is 8.23. The Bertz CT molecular complexity index is 931. The Kier molecular flexibility index (Phi) is 7.08. The average molecular weight is 391 g/mol. The third-order valence-corrected chi connectivity index (χ3v) is 3.94. The first-order chi connectivity index (χ1) is 13.2. The molecule has 148 valence electrons. The molecule has 0 aliphatic heterocycles. The number of hydrogen-bond acceptors (Lipinski definition) is 4. The highest BCUT2D eigenvalue weighted by Gasteiger charge is 2.38. The number of pyridine rings is 1. The number of carboxylic acid groups (broad SMARTS) is 1. The van der Waals surface area contributed by atoms with E-state index in [1.165, 1.54) is 0 Å². The Morgan fingerprint density at radius 3 is 2.21 bits per heavy atom. The van der Waals surface area contributed by atoms with Gasteiger partial charge in [-0.2, -0.15) is 13.2 Å². The molecule has 3 aromatic rings. The summed E-state index contributed by atoms with van der Waals surface area (Å²) >= 11 is 0. The van der Waals surface area contributed by atoms with E-state index in [9.17, 15) is 13.2 Å². The van der Waals surface area contributed by atoms with Crippen molar-refractivity contribution in [2.24, 2.45) is 11.5 Å². The van der Waals surface area contributed by atoms with E-state index in [-0.39, 0.29) is 6.04 Å². The molecular weight excluding hydrogens is 371 g/mol. The zero-order valence-electron chi connectivity index (χ0n) is 14.9. The van der Waals surface area contributed by atoms with E-state index in [2.05, 4.69) is 24.3 Å². The lowest BCUT2D eigenvalue weighted by Gasteiger charge is -2.15. The predicted octanol–water partition coefficient (Wildman–Crippen LogP) is 3.88. The third-order valence-electron chi connectivity index (χ3n) is 3.94. The summed E-state index contributed by atoms with van der Waals surface area (Å²) in [6.45, 7) is 0.582. The molecule has 0 aliphatic carbocycles. The number of para-hydroxylation sites is 1. The van der Waals surface area contributed by atoms with Gasteiger partial charge in [-0.15, -0.1) is 0 Å². The van der Waals surface area contributed by atoms with Crippen LogP contribution in [0.4, 0.5) is 13.2 Å². The maximum absolute atomic E-state index is 10.6. The summed E-state index contributed by atoms with van der Waals surface area (Å²) in [5.41, 5.74) is 16.1. The van der Waals surface area contributed by atoms with Crippen molar-refractivity contribution in [3.63, 3.8) is 0 Å². The van der Waals surface area contributed by atoms with Crippen LogP contribution in [0.25, 0.3) is 22.2 Å². The van der Waals surface area contributed by atoms with Gasteiger partial charge >= 0.3 is 12.1 Å². The third kappa shape index (κ3) is 5.51. The minimum absolute atomic E-state index is 0.0645. The minimum atomic E-state index is -5.08. The molecule has 0 bridgehead atoms. The smallest absolute Gasteiger partial charge is 0.475 e. The number of aromatic nitrogens is 1. The fraction of sp³-hybridized carbons (Fsp3) is 0.200. The van der Waals surface area contributed by atoms with Gasteiger partial charge in [0.25, 0.3) is 0 Å². The van der Waals surface area contributed by atoms with Gasteiger partial charge in [0.2, 0.25) is 0 Å². The summed E-state index contributed by atoms with van der Waals surface area (Å²) < 4.78 is 31.7. The molecule has 0 fully saturated rings. The summed E-state index contributed by atoms with van der Waals surface area (Å²) in [7, 11) is 0. The molecule has 1 aromatic heterocycles. The van der Waals surface area contributed by atoms with Gasteiger partial charge in [0.15, 0.2) is 0 Å². The van der Waals surface area contributed by atoms with Crippen LogP contribution in [-0.4, -0.2) is 28.8 Å². The quantitative estimate of drug-likeness (QED) is 0.626.